The van der Waals surface area contributed by atoms with Crippen molar-refractivity contribution >= 4 is 34.3 Å². The van der Waals surface area contributed by atoms with Gasteiger partial charge in [0.1, 0.15) is 5.69 Å². The molecule has 0 unspecified atom stereocenters. The van der Waals surface area contributed by atoms with Crippen molar-refractivity contribution in [2.24, 2.45) is 0 Å². The maximum Gasteiger partial charge on any atom is 0.258 e. The van der Waals surface area contributed by atoms with Gasteiger partial charge in [-0.05, 0) is 36.4 Å². The van der Waals surface area contributed by atoms with Crippen molar-refractivity contribution in [1.82, 2.24) is 15.1 Å². The zero-order valence-electron chi connectivity index (χ0n) is 16.1. The SMILES string of the molecule is O=C(Nc1cc(-c2cccc(Cl)c2)no1)c1cc(-c2ccccn2)nc2ccccc12. The highest BCUT2D eigenvalue weighted by Gasteiger charge is 2.17. The molecule has 5 aromatic rings. The monoisotopic (exact) mass is 426 g/mol. The number of hydrogen-bond acceptors (Lipinski definition) is 5. The molecule has 0 radical (unpaired) electrons. The Labute approximate surface area is 182 Å². The van der Waals surface area contributed by atoms with E-state index in [1.165, 1.54) is 0 Å². The van der Waals surface area contributed by atoms with E-state index in [1.807, 2.05) is 54.6 Å². The van der Waals surface area contributed by atoms with E-state index in [9.17, 15) is 4.79 Å². The predicted octanol–water partition coefficient (Wildman–Crippen LogP) is 5.86. The van der Waals surface area contributed by atoms with Crippen LogP contribution in [0.1, 0.15) is 10.4 Å². The molecule has 0 aliphatic carbocycles. The molecular weight excluding hydrogens is 412 g/mol. The van der Waals surface area contributed by atoms with Gasteiger partial charge in [-0.1, -0.05) is 53.2 Å². The average molecular weight is 427 g/mol. The van der Waals surface area contributed by atoms with Crippen molar-refractivity contribution in [3.05, 3.63) is 95.6 Å². The number of nitrogens with zero attached hydrogens (tertiary/aromatic N) is 3. The summed E-state index contributed by atoms with van der Waals surface area (Å²) in [5.74, 6) is -0.0927. The fraction of sp³-hybridized carbons (Fsp3) is 0. The number of halogens is 1. The lowest BCUT2D eigenvalue weighted by molar-refractivity contribution is 0.102. The van der Waals surface area contributed by atoms with Gasteiger partial charge in [-0.15, -0.1) is 0 Å². The molecule has 0 spiro atoms. The molecule has 0 atom stereocenters. The van der Waals surface area contributed by atoms with Crippen LogP contribution in [0, 0.1) is 0 Å². The molecule has 0 bridgehead atoms. The molecule has 7 heteroatoms. The summed E-state index contributed by atoms with van der Waals surface area (Å²) < 4.78 is 5.33. The summed E-state index contributed by atoms with van der Waals surface area (Å²) in [6.07, 6.45) is 1.69. The topological polar surface area (TPSA) is 80.9 Å². The number of amides is 1. The molecule has 0 aliphatic heterocycles. The van der Waals surface area contributed by atoms with Crippen LogP contribution in [0.25, 0.3) is 33.5 Å². The molecule has 3 heterocycles. The molecule has 3 aromatic heterocycles. The highest BCUT2D eigenvalue weighted by molar-refractivity contribution is 6.30. The van der Waals surface area contributed by atoms with Crippen molar-refractivity contribution in [2.75, 3.05) is 5.32 Å². The first-order chi connectivity index (χ1) is 15.2. The largest absolute Gasteiger partial charge is 0.338 e. The van der Waals surface area contributed by atoms with Crippen molar-refractivity contribution in [3.8, 4) is 22.6 Å². The van der Waals surface area contributed by atoms with Gasteiger partial charge >= 0.3 is 0 Å². The summed E-state index contributed by atoms with van der Waals surface area (Å²) in [4.78, 5) is 22.2. The third-order valence-electron chi connectivity index (χ3n) is 4.76. The zero-order valence-corrected chi connectivity index (χ0v) is 16.9. The van der Waals surface area contributed by atoms with Crippen LogP contribution in [-0.2, 0) is 0 Å². The van der Waals surface area contributed by atoms with Crippen LogP contribution in [0.5, 0.6) is 0 Å². The molecule has 2 aromatic carbocycles. The number of fused-ring (bicyclic) bond motifs is 1. The Morgan fingerprint density at radius 3 is 2.58 bits per heavy atom. The quantitative estimate of drug-likeness (QED) is 0.389. The number of para-hydroxylation sites is 1. The van der Waals surface area contributed by atoms with Gasteiger partial charge in [0.15, 0.2) is 0 Å². The third kappa shape index (κ3) is 3.89. The summed E-state index contributed by atoms with van der Waals surface area (Å²) in [6, 6.07) is 23.7. The molecule has 5 rings (SSSR count). The smallest absolute Gasteiger partial charge is 0.258 e. The van der Waals surface area contributed by atoms with Gasteiger partial charge in [0.25, 0.3) is 5.91 Å². The van der Waals surface area contributed by atoms with E-state index in [0.29, 0.717) is 33.2 Å². The minimum atomic E-state index is -0.329. The summed E-state index contributed by atoms with van der Waals surface area (Å²) in [5.41, 5.74) is 3.84. The van der Waals surface area contributed by atoms with Gasteiger partial charge in [0.05, 0.1) is 22.5 Å². The van der Waals surface area contributed by atoms with Gasteiger partial charge in [-0.25, -0.2) is 4.98 Å². The molecule has 0 saturated carbocycles. The Bertz CT molecular complexity index is 1400. The van der Waals surface area contributed by atoms with E-state index >= 15 is 0 Å². The second kappa shape index (κ2) is 8.01. The van der Waals surface area contributed by atoms with E-state index in [2.05, 4.69) is 20.4 Å². The Hall–Kier alpha value is -4.03. The number of hydrogen-bond donors (Lipinski definition) is 1. The summed E-state index contributed by atoms with van der Waals surface area (Å²) in [6.45, 7) is 0. The molecule has 1 N–H and O–H groups in total. The Morgan fingerprint density at radius 2 is 1.74 bits per heavy atom. The first kappa shape index (κ1) is 19.0. The molecule has 0 fully saturated rings. The molecule has 0 aliphatic rings. The van der Waals surface area contributed by atoms with E-state index in [4.69, 9.17) is 16.1 Å². The number of rotatable bonds is 4. The molecule has 6 nitrogen and oxygen atoms in total. The average Bonchev–Trinajstić information content (AvgIpc) is 3.27. The predicted molar refractivity (Wildman–Crippen MR) is 120 cm³/mol. The van der Waals surface area contributed by atoms with Crippen LogP contribution in [0.15, 0.2) is 89.6 Å². The number of aromatic nitrogens is 3. The Balaban J connectivity index is 1.50. The van der Waals surface area contributed by atoms with Crippen LogP contribution in [0.4, 0.5) is 5.88 Å². The van der Waals surface area contributed by atoms with Crippen molar-refractivity contribution in [1.29, 1.82) is 0 Å². The van der Waals surface area contributed by atoms with Crippen molar-refractivity contribution in [3.63, 3.8) is 0 Å². The highest BCUT2D eigenvalue weighted by Crippen LogP contribution is 2.27. The fourth-order valence-corrected chi connectivity index (χ4v) is 3.50. The minimum Gasteiger partial charge on any atom is -0.338 e. The van der Waals surface area contributed by atoms with Crippen molar-refractivity contribution in [2.45, 2.75) is 0 Å². The number of carbonyl (C=O) groups is 1. The first-order valence-electron chi connectivity index (χ1n) is 9.52. The van der Waals surface area contributed by atoms with Crippen LogP contribution in [0.2, 0.25) is 5.02 Å². The maximum absolute atomic E-state index is 13.1. The minimum absolute atomic E-state index is 0.236. The summed E-state index contributed by atoms with van der Waals surface area (Å²) in [5, 5.41) is 8.14. The Kier molecular flexibility index (Phi) is 4.90. The van der Waals surface area contributed by atoms with Gasteiger partial charge in [-0.3, -0.25) is 15.1 Å². The van der Waals surface area contributed by atoms with E-state index in [-0.39, 0.29) is 11.8 Å². The number of carbonyl (C=O) groups excluding carboxylic acids is 1. The van der Waals surface area contributed by atoms with E-state index in [1.54, 1.807) is 30.5 Å². The van der Waals surface area contributed by atoms with Crippen LogP contribution < -0.4 is 5.32 Å². The first-order valence-corrected chi connectivity index (χ1v) is 9.90. The maximum atomic E-state index is 13.1. The van der Waals surface area contributed by atoms with Crippen LogP contribution in [0.3, 0.4) is 0 Å². The molecule has 150 valence electrons. The lowest BCUT2D eigenvalue weighted by Gasteiger charge is -2.09. The number of pyridine rings is 2. The lowest BCUT2D eigenvalue weighted by atomic mass is 10.1. The summed E-state index contributed by atoms with van der Waals surface area (Å²) >= 11 is 6.05. The number of nitrogens with one attached hydrogen (secondary N) is 1. The van der Waals surface area contributed by atoms with Gasteiger partial charge in [0.2, 0.25) is 5.88 Å². The van der Waals surface area contributed by atoms with Crippen LogP contribution >= 0.6 is 11.6 Å². The van der Waals surface area contributed by atoms with Gasteiger partial charge in [0, 0.05) is 28.2 Å². The molecular formula is C24H15ClN4O2. The fourth-order valence-electron chi connectivity index (χ4n) is 3.31. The second-order valence-electron chi connectivity index (χ2n) is 6.83. The van der Waals surface area contributed by atoms with E-state index in [0.717, 1.165) is 10.9 Å². The second-order valence-corrected chi connectivity index (χ2v) is 7.26. The van der Waals surface area contributed by atoms with Gasteiger partial charge in [-0.2, -0.15) is 0 Å². The number of anilines is 1. The molecule has 0 saturated heterocycles. The third-order valence-corrected chi connectivity index (χ3v) is 4.99. The normalized spacial score (nSPS) is 10.9. The molecule has 31 heavy (non-hydrogen) atoms. The zero-order chi connectivity index (χ0) is 21.2. The van der Waals surface area contributed by atoms with E-state index < -0.39 is 0 Å². The summed E-state index contributed by atoms with van der Waals surface area (Å²) in [7, 11) is 0. The lowest BCUT2D eigenvalue weighted by Crippen LogP contribution is -2.12. The Morgan fingerprint density at radius 1 is 0.871 bits per heavy atom. The highest BCUT2D eigenvalue weighted by atomic mass is 35.5. The number of benzene rings is 2. The van der Waals surface area contributed by atoms with Crippen molar-refractivity contribution < 1.29 is 9.32 Å². The standard InChI is InChI=1S/C24H15ClN4O2/c25-16-7-5-6-15(12-16)21-14-23(31-29-21)28-24(30)18-13-22(20-10-3-4-11-26-20)27-19-9-2-1-8-17(18)19/h1-14H,(H,28,30). The van der Waals surface area contributed by atoms with Gasteiger partial charge < -0.3 is 4.52 Å². The van der Waals surface area contributed by atoms with Crippen LogP contribution in [-0.4, -0.2) is 21.0 Å². The molecule has 1 amide bonds.